The van der Waals surface area contributed by atoms with Crippen LogP contribution in [0.3, 0.4) is 0 Å². The monoisotopic (exact) mass is 289 g/mol. The average Bonchev–Trinajstić information content (AvgIpc) is 2.96. The van der Waals surface area contributed by atoms with Gasteiger partial charge in [0.25, 0.3) is 0 Å². The molecule has 2 aromatic heterocycles. The highest BCUT2D eigenvalue weighted by molar-refractivity contribution is 5.24. The normalized spacial score (nSPS) is 19.6. The topological polar surface area (TPSA) is 91.9 Å². The molecule has 0 amide bonds. The molecule has 0 spiro atoms. The number of hydrogen-bond donors (Lipinski definition) is 2. The van der Waals surface area contributed by atoms with Crippen molar-refractivity contribution in [2.45, 2.75) is 19.5 Å². The molecule has 112 valence electrons. The molecule has 0 aromatic carbocycles. The van der Waals surface area contributed by atoms with Crippen LogP contribution in [0.15, 0.2) is 12.4 Å². The van der Waals surface area contributed by atoms with Crippen molar-refractivity contribution in [3.8, 4) is 0 Å². The van der Waals surface area contributed by atoms with E-state index in [1.165, 1.54) is 0 Å². The van der Waals surface area contributed by atoms with Gasteiger partial charge in [0.05, 0.1) is 25.8 Å². The lowest BCUT2D eigenvalue weighted by molar-refractivity contribution is 0.00194. The van der Waals surface area contributed by atoms with Crippen LogP contribution in [-0.2, 0) is 11.3 Å². The van der Waals surface area contributed by atoms with E-state index in [0.717, 1.165) is 30.4 Å². The smallest absolute Gasteiger partial charge is 0.222 e. The Bertz CT molecular complexity index is 582. The second kappa shape index (κ2) is 6.15. The fourth-order valence-electron chi connectivity index (χ4n) is 2.14. The Balaban J connectivity index is 1.61. The van der Waals surface area contributed by atoms with Crippen molar-refractivity contribution in [3.05, 3.63) is 29.6 Å². The van der Waals surface area contributed by atoms with Crippen LogP contribution in [0.2, 0.25) is 0 Å². The zero-order valence-electron chi connectivity index (χ0n) is 12.2. The molecule has 3 heterocycles. The Kier molecular flexibility index (Phi) is 4.07. The molecule has 8 heteroatoms. The van der Waals surface area contributed by atoms with Crippen molar-refractivity contribution in [1.82, 2.24) is 30.0 Å². The lowest BCUT2D eigenvalue weighted by Gasteiger charge is -2.30. The number of ether oxygens (including phenoxy) is 1. The summed E-state index contributed by atoms with van der Waals surface area (Å²) in [5, 5.41) is 10.3. The third kappa shape index (κ3) is 3.34. The van der Waals surface area contributed by atoms with E-state index in [2.05, 4.69) is 42.4 Å². The number of rotatable bonds is 4. The van der Waals surface area contributed by atoms with Crippen LogP contribution >= 0.6 is 0 Å². The van der Waals surface area contributed by atoms with Crippen molar-refractivity contribution in [2.24, 2.45) is 0 Å². The molecule has 8 nitrogen and oxygen atoms in total. The van der Waals surface area contributed by atoms with Gasteiger partial charge in [-0.2, -0.15) is 5.10 Å². The first-order chi connectivity index (χ1) is 10.2. The summed E-state index contributed by atoms with van der Waals surface area (Å²) in [7, 11) is 2.06. The molecule has 2 N–H and O–H groups in total. The van der Waals surface area contributed by atoms with Crippen LogP contribution in [0.4, 0.5) is 5.95 Å². The first-order valence-electron chi connectivity index (χ1n) is 6.94. The van der Waals surface area contributed by atoms with Gasteiger partial charge < -0.3 is 10.1 Å². The maximum absolute atomic E-state index is 5.49. The number of likely N-dealkylation sites (N-methyl/N-ethyl adjacent to an activating group) is 1. The van der Waals surface area contributed by atoms with Crippen molar-refractivity contribution in [1.29, 1.82) is 0 Å². The van der Waals surface area contributed by atoms with E-state index in [1.54, 1.807) is 12.4 Å². The van der Waals surface area contributed by atoms with Crippen molar-refractivity contribution in [2.75, 3.05) is 32.1 Å². The number of aryl methyl sites for hydroxylation is 1. The van der Waals surface area contributed by atoms with Crippen molar-refractivity contribution in [3.63, 3.8) is 0 Å². The molecule has 3 rings (SSSR count). The molecule has 1 atom stereocenters. The van der Waals surface area contributed by atoms with Gasteiger partial charge >= 0.3 is 0 Å². The van der Waals surface area contributed by atoms with Crippen LogP contribution in [0, 0.1) is 6.92 Å². The van der Waals surface area contributed by atoms with E-state index in [9.17, 15) is 0 Å². The number of nitrogens with one attached hydrogen (secondary N) is 2. The van der Waals surface area contributed by atoms with E-state index in [-0.39, 0.29) is 6.04 Å². The third-order valence-electron chi connectivity index (χ3n) is 3.44. The zero-order chi connectivity index (χ0) is 14.7. The predicted octanol–water partition coefficient (Wildman–Crippen LogP) is 0.518. The predicted molar refractivity (Wildman–Crippen MR) is 76.7 cm³/mol. The Hall–Kier alpha value is -2.06. The molecule has 0 aliphatic carbocycles. The Morgan fingerprint density at radius 2 is 2.24 bits per heavy atom. The molecule has 1 fully saturated rings. The summed E-state index contributed by atoms with van der Waals surface area (Å²) in [5.41, 5.74) is 1.03. The van der Waals surface area contributed by atoms with Crippen molar-refractivity contribution >= 4 is 5.95 Å². The number of hydrogen-bond acceptors (Lipinski definition) is 7. The van der Waals surface area contributed by atoms with Crippen molar-refractivity contribution < 1.29 is 4.74 Å². The first kappa shape index (κ1) is 13.9. The summed E-state index contributed by atoms with van der Waals surface area (Å²) >= 11 is 0. The highest BCUT2D eigenvalue weighted by Crippen LogP contribution is 2.19. The van der Waals surface area contributed by atoms with E-state index in [1.807, 2.05) is 6.92 Å². The Labute approximate surface area is 123 Å². The van der Waals surface area contributed by atoms with Gasteiger partial charge in [-0.25, -0.2) is 15.0 Å². The molecule has 2 aromatic rings. The first-order valence-corrected chi connectivity index (χ1v) is 6.94. The number of aromatic nitrogens is 5. The minimum absolute atomic E-state index is 0.111. The summed E-state index contributed by atoms with van der Waals surface area (Å²) in [4.78, 5) is 15.1. The van der Waals surface area contributed by atoms with Gasteiger partial charge in [-0.05, 0) is 19.5 Å². The van der Waals surface area contributed by atoms with Gasteiger partial charge in [0.2, 0.25) is 5.95 Å². The molecule has 1 aliphatic rings. The van der Waals surface area contributed by atoms with E-state index in [4.69, 9.17) is 4.74 Å². The number of anilines is 1. The number of H-pyrrole nitrogens is 1. The summed E-state index contributed by atoms with van der Waals surface area (Å²) in [6.45, 7) is 4.74. The molecular formula is C13H19N7O. The van der Waals surface area contributed by atoms with Crippen LogP contribution in [0.5, 0.6) is 0 Å². The quantitative estimate of drug-likeness (QED) is 0.847. The fourth-order valence-corrected chi connectivity index (χ4v) is 2.14. The lowest BCUT2D eigenvalue weighted by atomic mass is 10.2. The Morgan fingerprint density at radius 1 is 1.43 bits per heavy atom. The fraction of sp³-hybridized carbons (Fsp3) is 0.538. The van der Waals surface area contributed by atoms with Crippen LogP contribution < -0.4 is 5.32 Å². The molecule has 0 bridgehead atoms. The highest BCUT2D eigenvalue weighted by atomic mass is 16.5. The van der Waals surface area contributed by atoms with Crippen LogP contribution in [0.25, 0.3) is 0 Å². The van der Waals surface area contributed by atoms with Gasteiger partial charge in [0.15, 0.2) is 5.82 Å². The number of aromatic amines is 1. The molecule has 0 saturated carbocycles. The summed E-state index contributed by atoms with van der Waals surface area (Å²) in [5.74, 6) is 2.10. The third-order valence-corrected chi connectivity index (χ3v) is 3.44. The second-order valence-electron chi connectivity index (χ2n) is 5.15. The van der Waals surface area contributed by atoms with E-state index in [0.29, 0.717) is 19.1 Å². The van der Waals surface area contributed by atoms with Crippen LogP contribution in [-0.4, -0.2) is 56.9 Å². The maximum Gasteiger partial charge on any atom is 0.222 e. The molecule has 1 aliphatic heterocycles. The molecule has 1 unspecified atom stereocenters. The standard InChI is InChI=1S/C13H19N7O/c1-9-5-14-13(15-6-9)16-7-11-17-12(19-18-11)10-8-21-4-3-20(10)2/h5-6,10H,3-4,7-8H2,1-2H3,(H,14,15,16)(H,17,18,19). The van der Waals surface area contributed by atoms with E-state index < -0.39 is 0 Å². The summed E-state index contributed by atoms with van der Waals surface area (Å²) in [6, 6.07) is 0.111. The minimum atomic E-state index is 0.111. The van der Waals surface area contributed by atoms with Gasteiger partial charge in [0.1, 0.15) is 5.82 Å². The largest absolute Gasteiger partial charge is 0.378 e. The second-order valence-corrected chi connectivity index (χ2v) is 5.15. The average molecular weight is 289 g/mol. The maximum atomic E-state index is 5.49. The highest BCUT2D eigenvalue weighted by Gasteiger charge is 2.24. The minimum Gasteiger partial charge on any atom is -0.378 e. The lowest BCUT2D eigenvalue weighted by Crippen LogP contribution is -2.37. The molecule has 1 saturated heterocycles. The molecule has 0 radical (unpaired) electrons. The van der Waals surface area contributed by atoms with Gasteiger partial charge in [0, 0.05) is 18.9 Å². The molecule has 21 heavy (non-hydrogen) atoms. The van der Waals surface area contributed by atoms with Gasteiger partial charge in [-0.15, -0.1) is 0 Å². The SMILES string of the molecule is Cc1cnc(NCc2nc(C3COCCN3C)n[nH]2)nc1. The molecular weight excluding hydrogens is 270 g/mol. The van der Waals surface area contributed by atoms with Gasteiger partial charge in [-0.1, -0.05) is 0 Å². The summed E-state index contributed by atoms with van der Waals surface area (Å²) in [6.07, 6.45) is 3.55. The number of morpholine rings is 1. The summed E-state index contributed by atoms with van der Waals surface area (Å²) < 4.78 is 5.49. The number of nitrogens with zero attached hydrogens (tertiary/aromatic N) is 5. The van der Waals surface area contributed by atoms with Gasteiger partial charge in [-0.3, -0.25) is 10.00 Å². The zero-order valence-corrected chi connectivity index (χ0v) is 12.2. The Morgan fingerprint density at radius 3 is 3.00 bits per heavy atom. The van der Waals surface area contributed by atoms with Crippen LogP contribution in [0.1, 0.15) is 23.3 Å². The van der Waals surface area contributed by atoms with E-state index >= 15 is 0 Å².